The van der Waals surface area contributed by atoms with Crippen molar-refractivity contribution in [3.8, 4) is 0 Å². The van der Waals surface area contributed by atoms with Gasteiger partial charge in [0.15, 0.2) is 0 Å². The first-order valence-corrected chi connectivity index (χ1v) is 9.04. The summed E-state index contributed by atoms with van der Waals surface area (Å²) in [7, 11) is 0. The van der Waals surface area contributed by atoms with Crippen molar-refractivity contribution in [3.05, 3.63) is 36.5 Å². The lowest BCUT2D eigenvalue weighted by molar-refractivity contribution is -0.137. The van der Waals surface area contributed by atoms with Gasteiger partial charge >= 0.3 is 5.97 Å². The predicted molar refractivity (Wildman–Crippen MR) is 97.0 cm³/mol. The molecule has 1 fully saturated rings. The molecule has 2 unspecified atom stereocenters. The van der Waals surface area contributed by atoms with E-state index in [1.807, 2.05) is 31.2 Å². The van der Waals surface area contributed by atoms with Crippen LogP contribution >= 0.6 is 0 Å². The molecule has 0 spiro atoms. The number of unbranched alkanes of at least 4 members (excludes halogenated alkanes) is 1. The van der Waals surface area contributed by atoms with E-state index in [1.165, 1.54) is 0 Å². The lowest BCUT2D eigenvalue weighted by Gasteiger charge is -2.16. The molecule has 1 rings (SSSR count). The van der Waals surface area contributed by atoms with Gasteiger partial charge in [0.2, 0.25) is 0 Å². The fourth-order valence-corrected chi connectivity index (χ4v) is 3.00. The molecule has 5 heteroatoms. The normalized spacial score (nSPS) is 25.6. The lowest BCUT2D eigenvalue weighted by Crippen LogP contribution is -2.18. The van der Waals surface area contributed by atoms with Gasteiger partial charge in [0, 0.05) is 24.7 Å². The Morgan fingerprint density at radius 3 is 2.72 bits per heavy atom. The fraction of sp³-hybridized carbons (Fsp3) is 0.600. The Hall–Kier alpha value is -1.72. The maximum atomic E-state index is 12.1. The summed E-state index contributed by atoms with van der Waals surface area (Å²) in [5.74, 6) is -1.32. The van der Waals surface area contributed by atoms with Crippen molar-refractivity contribution in [2.24, 2.45) is 11.8 Å². The van der Waals surface area contributed by atoms with Gasteiger partial charge < -0.3 is 15.3 Å². The Labute approximate surface area is 149 Å². The first-order valence-electron chi connectivity index (χ1n) is 9.04. The molecule has 0 heterocycles. The van der Waals surface area contributed by atoms with Crippen LogP contribution in [0.1, 0.15) is 51.9 Å². The van der Waals surface area contributed by atoms with E-state index < -0.39 is 18.2 Å². The van der Waals surface area contributed by atoms with Gasteiger partial charge in [0.1, 0.15) is 5.78 Å². The van der Waals surface area contributed by atoms with Crippen molar-refractivity contribution < 1.29 is 24.9 Å². The molecule has 0 radical (unpaired) electrons. The summed E-state index contributed by atoms with van der Waals surface area (Å²) in [6.07, 6.45) is 13.3. The number of hydrogen-bond acceptors (Lipinski definition) is 4. The van der Waals surface area contributed by atoms with Gasteiger partial charge in [-0.05, 0) is 32.1 Å². The molecule has 3 N–H and O–H groups in total. The molecule has 140 valence electrons. The molecule has 1 aliphatic carbocycles. The summed E-state index contributed by atoms with van der Waals surface area (Å²) in [6.45, 7) is 2.03. The zero-order chi connectivity index (χ0) is 18.7. The van der Waals surface area contributed by atoms with E-state index in [0.29, 0.717) is 25.7 Å². The first-order chi connectivity index (χ1) is 12.0. The van der Waals surface area contributed by atoms with E-state index in [1.54, 1.807) is 12.2 Å². The summed E-state index contributed by atoms with van der Waals surface area (Å²) in [5, 5.41) is 28.6. The number of carbonyl (C=O) groups is 2. The number of ketones is 1. The number of carboxylic acid groups (broad SMARTS) is 1. The highest BCUT2D eigenvalue weighted by Crippen LogP contribution is 2.33. The van der Waals surface area contributed by atoms with Gasteiger partial charge in [0.25, 0.3) is 0 Å². The van der Waals surface area contributed by atoms with E-state index in [0.717, 1.165) is 6.42 Å². The molecule has 0 aliphatic heterocycles. The smallest absolute Gasteiger partial charge is 0.303 e. The molecule has 0 amide bonds. The third-order valence-corrected chi connectivity index (χ3v) is 4.39. The van der Waals surface area contributed by atoms with Crippen molar-refractivity contribution >= 4 is 11.8 Å². The average Bonchev–Trinajstić information content (AvgIpc) is 2.82. The highest BCUT2D eigenvalue weighted by molar-refractivity contribution is 5.84. The molecule has 0 aromatic carbocycles. The number of carboxylic acids is 1. The summed E-state index contributed by atoms with van der Waals surface area (Å²) >= 11 is 0. The number of aliphatic carboxylic acids is 1. The molecule has 0 aromatic rings. The Kier molecular flexibility index (Phi) is 10.0. The number of rotatable bonds is 11. The van der Waals surface area contributed by atoms with E-state index in [-0.39, 0.29) is 30.5 Å². The second kappa shape index (κ2) is 11.8. The van der Waals surface area contributed by atoms with E-state index >= 15 is 0 Å². The van der Waals surface area contributed by atoms with E-state index in [4.69, 9.17) is 5.11 Å². The quantitative estimate of drug-likeness (QED) is 0.393. The molecule has 1 aliphatic rings. The average molecular weight is 350 g/mol. The minimum absolute atomic E-state index is 0.0395. The van der Waals surface area contributed by atoms with Gasteiger partial charge in [-0.25, -0.2) is 0 Å². The number of allylic oxidation sites excluding steroid dienone is 3. The molecular weight excluding hydrogens is 320 g/mol. The molecule has 4 atom stereocenters. The predicted octanol–water partition coefficient (Wildman–Crippen LogP) is 3.03. The Balaban J connectivity index is 2.52. The van der Waals surface area contributed by atoms with Crippen LogP contribution in [0.2, 0.25) is 0 Å². The Morgan fingerprint density at radius 2 is 2.04 bits per heavy atom. The standard InChI is InChI=1S/C20H30O5/c1-2-3-6-9-15(21)12-13-17-16(18(22)14-19(17)23)10-7-4-5-8-11-20(24)25/h3-4,6-7,12-13,15-17,19,21,23H,2,5,8-11,14H2,1H3,(H,24,25)/b6-3+,7-4-,13-12+/t15?,16-,17-,19?/m1/s1. The molecule has 1 saturated carbocycles. The van der Waals surface area contributed by atoms with E-state index in [2.05, 4.69) is 0 Å². The molecule has 0 bridgehead atoms. The molecular formula is C20H30O5. The highest BCUT2D eigenvalue weighted by Gasteiger charge is 2.39. The lowest BCUT2D eigenvalue weighted by atomic mass is 9.90. The van der Waals surface area contributed by atoms with Crippen LogP contribution in [0.5, 0.6) is 0 Å². The van der Waals surface area contributed by atoms with E-state index in [9.17, 15) is 19.8 Å². The highest BCUT2D eigenvalue weighted by atomic mass is 16.4. The van der Waals surface area contributed by atoms with Crippen molar-refractivity contribution in [2.45, 2.75) is 64.1 Å². The van der Waals surface area contributed by atoms with Crippen molar-refractivity contribution in [1.29, 1.82) is 0 Å². The van der Waals surface area contributed by atoms with Crippen molar-refractivity contribution in [3.63, 3.8) is 0 Å². The molecule has 25 heavy (non-hydrogen) atoms. The van der Waals surface area contributed by atoms with Gasteiger partial charge in [0.05, 0.1) is 12.2 Å². The second-order valence-electron chi connectivity index (χ2n) is 6.48. The van der Waals surface area contributed by atoms with Crippen LogP contribution in [-0.2, 0) is 9.59 Å². The SMILES string of the molecule is CC/C=C/CC(O)/C=C/[C@H]1C(O)CC(=O)[C@@H]1C/C=C\CCCC(=O)O. The van der Waals surface area contributed by atoms with Gasteiger partial charge in [-0.15, -0.1) is 0 Å². The zero-order valence-electron chi connectivity index (χ0n) is 14.9. The van der Waals surface area contributed by atoms with Crippen LogP contribution < -0.4 is 0 Å². The van der Waals surface area contributed by atoms with Crippen molar-refractivity contribution in [1.82, 2.24) is 0 Å². The fourth-order valence-electron chi connectivity index (χ4n) is 3.00. The van der Waals surface area contributed by atoms with Crippen LogP contribution in [0.4, 0.5) is 0 Å². The summed E-state index contributed by atoms with van der Waals surface area (Å²) in [4.78, 5) is 22.5. The number of Topliss-reactive ketones (excluding diaryl/α,β-unsaturated/α-hetero) is 1. The Bertz CT molecular complexity index is 506. The summed E-state index contributed by atoms with van der Waals surface area (Å²) in [5.41, 5.74) is 0. The first kappa shape index (κ1) is 21.3. The zero-order valence-corrected chi connectivity index (χ0v) is 14.9. The monoisotopic (exact) mass is 350 g/mol. The second-order valence-corrected chi connectivity index (χ2v) is 6.48. The maximum absolute atomic E-state index is 12.1. The number of aliphatic hydroxyl groups excluding tert-OH is 2. The largest absolute Gasteiger partial charge is 0.481 e. The third-order valence-electron chi connectivity index (χ3n) is 4.39. The molecule has 5 nitrogen and oxygen atoms in total. The minimum Gasteiger partial charge on any atom is -0.481 e. The third kappa shape index (κ3) is 8.27. The topological polar surface area (TPSA) is 94.8 Å². The Morgan fingerprint density at radius 1 is 1.28 bits per heavy atom. The number of hydrogen-bond donors (Lipinski definition) is 3. The minimum atomic E-state index is -0.806. The van der Waals surface area contributed by atoms with Crippen LogP contribution in [0.25, 0.3) is 0 Å². The maximum Gasteiger partial charge on any atom is 0.303 e. The van der Waals surface area contributed by atoms with Crippen LogP contribution in [0, 0.1) is 11.8 Å². The van der Waals surface area contributed by atoms with Crippen molar-refractivity contribution in [2.75, 3.05) is 0 Å². The summed E-state index contributed by atoms with van der Waals surface area (Å²) in [6, 6.07) is 0. The van der Waals surface area contributed by atoms with Gasteiger partial charge in [-0.3, -0.25) is 9.59 Å². The van der Waals surface area contributed by atoms with Crippen LogP contribution in [0.15, 0.2) is 36.5 Å². The number of aliphatic hydroxyl groups is 2. The molecule has 0 saturated heterocycles. The number of carbonyl (C=O) groups excluding carboxylic acids is 1. The van der Waals surface area contributed by atoms with Gasteiger partial charge in [-0.2, -0.15) is 0 Å². The summed E-state index contributed by atoms with van der Waals surface area (Å²) < 4.78 is 0. The molecule has 0 aromatic heterocycles. The van der Waals surface area contributed by atoms with Crippen LogP contribution in [0.3, 0.4) is 0 Å². The van der Waals surface area contributed by atoms with Gasteiger partial charge in [-0.1, -0.05) is 43.4 Å². The van der Waals surface area contributed by atoms with Crippen LogP contribution in [-0.4, -0.2) is 39.3 Å².